The second kappa shape index (κ2) is 7.73. The minimum atomic E-state index is 0.206. The van der Waals surface area contributed by atoms with Crippen molar-refractivity contribution in [3.63, 3.8) is 0 Å². The molecule has 1 fully saturated rings. The van der Waals surface area contributed by atoms with Gasteiger partial charge in [-0.05, 0) is 6.92 Å². The number of rotatable bonds is 6. The maximum absolute atomic E-state index is 8.95. The number of aromatic nitrogens is 2. The van der Waals surface area contributed by atoms with E-state index in [2.05, 4.69) is 19.8 Å². The zero-order valence-corrected chi connectivity index (χ0v) is 12.5. The average Bonchev–Trinajstić information content (AvgIpc) is 2.46. The molecule has 0 unspecified atom stereocenters. The fourth-order valence-electron chi connectivity index (χ4n) is 2.21. The molecule has 1 aromatic rings. The van der Waals surface area contributed by atoms with Crippen molar-refractivity contribution in [2.75, 3.05) is 50.8 Å². The quantitative estimate of drug-likeness (QED) is 0.784. The lowest BCUT2D eigenvalue weighted by Crippen LogP contribution is -2.47. The van der Waals surface area contributed by atoms with Gasteiger partial charge in [-0.3, -0.25) is 4.90 Å². The largest absolute Gasteiger partial charge is 0.395 e. The van der Waals surface area contributed by atoms with Gasteiger partial charge in [-0.2, -0.15) is 0 Å². The van der Waals surface area contributed by atoms with E-state index in [9.17, 15) is 0 Å². The van der Waals surface area contributed by atoms with Crippen molar-refractivity contribution in [1.82, 2.24) is 14.9 Å². The van der Waals surface area contributed by atoms with Gasteiger partial charge in [-0.25, -0.2) is 9.97 Å². The van der Waals surface area contributed by atoms with Crippen LogP contribution in [0.2, 0.25) is 5.15 Å². The molecule has 0 amide bonds. The lowest BCUT2D eigenvalue weighted by atomic mass is 10.3. The lowest BCUT2D eigenvalue weighted by molar-refractivity contribution is 0.128. The Kier molecular flexibility index (Phi) is 5.97. The third-order valence-electron chi connectivity index (χ3n) is 3.28. The third-order valence-corrected chi connectivity index (χ3v) is 3.47. The van der Waals surface area contributed by atoms with Crippen molar-refractivity contribution in [2.24, 2.45) is 0 Å². The predicted molar refractivity (Wildman–Crippen MR) is 78.1 cm³/mol. The highest BCUT2D eigenvalue weighted by molar-refractivity contribution is 6.29. The Morgan fingerprint density at radius 2 is 2.05 bits per heavy atom. The van der Waals surface area contributed by atoms with Crippen molar-refractivity contribution in [2.45, 2.75) is 13.5 Å². The van der Waals surface area contributed by atoms with E-state index in [0.29, 0.717) is 24.2 Å². The molecule has 0 radical (unpaired) electrons. The van der Waals surface area contributed by atoms with Gasteiger partial charge >= 0.3 is 0 Å². The van der Waals surface area contributed by atoms with Crippen LogP contribution < -0.4 is 4.90 Å². The molecule has 0 bridgehead atoms. The number of aliphatic hydroxyl groups excluding tert-OH is 1. The van der Waals surface area contributed by atoms with Crippen molar-refractivity contribution in [1.29, 1.82) is 0 Å². The monoisotopic (exact) mass is 300 g/mol. The minimum absolute atomic E-state index is 0.206. The van der Waals surface area contributed by atoms with Gasteiger partial charge in [0, 0.05) is 45.4 Å². The number of ether oxygens (including phenoxy) is 1. The van der Waals surface area contributed by atoms with Crippen LogP contribution in [0.1, 0.15) is 12.7 Å². The van der Waals surface area contributed by atoms with E-state index in [1.807, 2.05) is 6.92 Å². The number of halogens is 1. The van der Waals surface area contributed by atoms with Crippen LogP contribution in [-0.2, 0) is 11.3 Å². The topological polar surface area (TPSA) is 61.7 Å². The summed E-state index contributed by atoms with van der Waals surface area (Å²) >= 11 is 6.05. The smallest absolute Gasteiger partial charge is 0.158 e. The molecule has 20 heavy (non-hydrogen) atoms. The van der Waals surface area contributed by atoms with Crippen molar-refractivity contribution >= 4 is 17.4 Å². The van der Waals surface area contributed by atoms with Crippen LogP contribution in [0.15, 0.2) is 6.07 Å². The van der Waals surface area contributed by atoms with Crippen LogP contribution in [0.25, 0.3) is 0 Å². The number of hydrogen-bond donors (Lipinski definition) is 1. The van der Waals surface area contributed by atoms with Crippen LogP contribution >= 0.6 is 11.6 Å². The van der Waals surface area contributed by atoms with Gasteiger partial charge < -0.3 is 14.7 Å². The van der Waals surface area contributed by atoms with Crippen molar-refractivity contribution < 1.29 is 9.84 Å². The molecular formula is C13H21ClN4O2. The predicted octanol–water partition coefficient (Wildman–Crippen LogP) is 0.781. The van der Waals surface area contributed by atoms with Gasteiger partial charge in [-0.1, -0.05) is 11.6 Å². The molecule has 1 aliphatic rings. The van der Waals surface area contributed by atoms with Gasteiger partial charge in [0.2, 0.25) is 0 Å². The summed E-state index contributed by atoms with van der Waals surface area (Å²) in [6.07, 6.45) is 0. The molecule has 1 aliphatic heterocycles. The molecule has 1 saturated heterocycles. The first-order valence-corrected chi connectivity index (χ1v) is 7.30. The number of piperazine rings is 1. The van der Waals surface area contributed by atoms with Crippen LogP contribution in [0.5, 0.6) is 0 Å². The fraction of sp³-hybridized carbons (Fsp3) is 0.692. The molecule has 0 atom stereocenters. The second-order valence-electron chi connectivity index (χ2n) is 4.65. The number of anilines is 1. The summed E-state index contributed by atoms with van der Waals surface area (Å²) in [7, 11) is 0. The van der Waals surface area contributed by atoms with E-state index >= 15 is 0 Å². The van der Waals surface area contributed by atoms with E-state index in [-0.39, 0.29) is 6.61 Å². The Labute approximate surface area is 124 Å². The Morgan fingerprint density at radius 3 is 2.70 bits per heavy atom. The van der Waals surface area contributed by atoms with Crippen molar-refractivity contribution in [3.8, 4) is 0 Å². The Bertz CT molecular complexity index is 425. The number of hydrogen-bond acceptors (Lipinski definition) is 6. The molecule has 2 rings (SSSR count). The molecule has 112 valence electrons. The van der Waals surface area contributed by atoms with Crippen molar-refractivity contribution in [3.05, 3.63) is 17.0 Å². The molecule has 1 N–H and O–H groups in total. The average molecular weight is 301 g/mol. The third kappa shape index (κ3) is 4.28. The molecule has 2 heterocycles. The second-order valence-corrected chi connectivity index (χ2v) is 5.04. The number of β-amino-alcohol motifs (C(OH)–C–C–N with tert-alkyl or cyclic N) is 1. The van der Waals surface area contributed by atoms with E-state index in [4.69, 9.17) is 21.4 Å². The summed E-state index contributed by atoms with van der Waals surface area (Å²) in [6, 6.07) is 1.79. The number of aliphatic hydroxyl groups is 1. The van der Waals surface area contributed by atoms with E-state index in [1.54, 1.807) is 6.07 Å². The Balaban J connectivity index is 2.00. The summed E-state index contributed by atoms with van der Waals surface area (Å²) in [4.78, 5) is 13.1. The van der Waals surface area contributed by atoms with E-state index < -0.39 is 0 Å². The highest BCUT2D eigenvalue weighted by atomic mass is 35.5. The molecule has 0 aliphatic carbocycles. The zero-order chi connectivity index (χ0) is 14.4. The minimum Gasteiger partial charge on any atom is -0.395 e. The molecule has 7 heteroatoms. The maximum Gasteiger partial charge on any atom is 0.158 e. The van der Waals surface area contributed by atoms with E-state index in [1.165, 1.54) is 0 Å². The van der Waals surface area contributed by atoms with Crippen LogP contribution in [0, 0.1) is 0 Å². The van der Waals surface area contributed by atoms with Gasteiger partial charge in [0.25, 0.3) is 0 Å². The summed E-state index contributed by atoms with van der Waals surface area (Å²) < 4.78 is 5.33. The molecule has 0 aromatic carbocycles. The molecule has 6 nitrogen and oxygen atoms in total. The normalized spacial score (nSPS) is 16.6. The first kappa shape index (κ1) is 15.4. The standard InChI is InChI=1S/C13H21ClN4O2/c1-2-20-10-12-15-11(14)9-13(16-12)18-5-3-17(4-6-18)7-8-19/h9,19H,2-8,10H2,1H3. The summed E-state index contributed by atoms with van der Waals surface area (Å²) in [6.45, 7) is 7.48. The molecule has 0 saturated carbocycles. The molecule has 0 spiro atoms. The van der Waals surface area contributed by atoms with Crippen LogP contribution in [0.4, 0.5) is 5.82 Å². The lowest BCUT2D eigenvalue weighted by Gasteiger charge is -2.35. The Morgan fingerprint density at radius 1 is 1.30 bits per heavy atom. The Hall–Kier alpha value is -0.950. The highest BCUT2D eigenvalue weighted by Gasteiger charge is 2.18. The summed E-state index contributed by atoms with van der Waals surface area (Å²) in [5.74, 6) is 1.47. The first-order chi connectivity index (χ1) is 9.72. The maximum atomic E-state index is 8.95. The van der Waals surface area contributed by atoms with Gasteiger partial charge in [0.15, 0.2) is 5.82 Å². The molecule has 1 aromatic heterocycles. The van der Waals surface area contributed by atoms with Gasteiger partial charge in [0.1, 0.15) is 17.6 Å². The summed E-state index contributed by atoms with van der Waals surface area (Å²) in [5.41, 5.74) is 0. The van der Waals surface area contributed by atoms with Gasteiger partial charge in [0.05, 0.1) is 6.61 Å². The van der Waals surface area contributed by atoms with Crippen LogP contribution in [-0.4, -0.2) is 65.9 Å². The fourth-order valence-corrected chi connectivity index (χ4v) is 2.41. The summed E-state index contributed by atoms with van der Waals surface area (Å²) in [5, 5.41) is 9.40. The van der Waals surface area contributed by atoms with Crippen LogP contribution in [0.3, 0.4) is 0 Å². The van der Waals surface area contributed by atoms with E-state index in [0.717, 1.165) is 38.5 Å². The molecular weight excluding hydrogens is 280 g/mol. The SMILES string of the molecule is CCOCc1nc(Cl)cc(N2CCN(CCO)CC2)n1. The number of nitrogens with zero attached hydrogens (tertiary/aromatic N) is 4. The highest BCUT2D eigenvalue weighted by Crippen LogP contribution is 2.18. The van der Waals surface area contributed by atoms with Gasteiger partial charge in [-0.15, -0.1) is 0 Å². The zero-order valence-electron chi connectivity index (χ0n) is 11.8. The first-order valence-electron chi connectivity index (χ1n) is 6.92.